The maximum atomic E-state index is 13.6. The fourth-order valence-corrected chi connectivity index (χ4v) is 2.40. The van der Waals surface area contributed by atoms with E-state index in [0.29, 0.717) is 5.82 Å². The van der Waals surface area contributed by atoms with Crippen LogP contribution in [0.4, 0.5) is 26.0 Å². The Balaban J connectivity index is 1.74. The first-order valence-electron chi connectivity index (χ1n) is 7.86. The lowest BCUT2D eigenvalue weighted by molar-refractivity contribution is 0.102. The molecule has 0 radical (unpaired) electrons. The first kappa shape index (κ1) is 17.5. The highest BCUT2D eigenvalue weighted by Crippen LogP contribution is 2.21. The lowest BCUT2D eigenvalue weighted by Crippen LogP contribution is -2.16. The molecule has 0 saturated carbocycles. The zero-order valence-electron chi connectivity index (χ0n) is 14.2. The van der Waals surface area contributed by atoms with Crippen LogP contribution in [0.25, 0.3) is 0 Å². The van der Waals surface area contributed by atoms with Crippen LogP contribution in [0.3, 0.4) is 0 Å². The summed E-state index contributed by atoms with van der Waals surface area (Å²) in [6, 6.07) is 9.25. The Morgan fingerprint density at radius 2 is 1.73 bits per heavy atom. The predicted molar refractivity (Wildman–Crippen MR) is 95.5 cm³/mol. The van der Waals surface area contributed by atoms with Crippen molar-refractivity contribution in [2.45, 2.75) is 13.8 Å². The van der Waals surface area contributed by atoms with Crippen LogP contribution in [0.2, 0.25) is 0 Å². The van der Waals surface area contributed by atoms with Gasteiger partial charge in [0.1, 0.15) is 28.8 Å². The third-order valence-corrected chi connectivity index (χ3v) is 3.73. The summed E-state index contributed by atoms with van der Waals surface area (Å²) in [5.41, 5.74) is 2.49. The van der Waals surface area contributed by atoms with Crippen LogP contribution in [-0.4, -0.2) is 15.9 Å². The van der Waals surface area contributed by atoms with Gasteiger partial charge in [-0.25, -0.2) is 18.7 Å². The van der Waals surface area contributed by atoms with E-state index in [-0.39, 0.29) is 5.69 Å². The van der Waals surface area contributed by atoms with Crippen molar-refractivity contribution in [1.29, 1.82) is 0 Å². The summed E-state index contributed by atoms with van der Waals surface area (Å²) in [7, 11) is 0. The summed E-state index contributed by atoms with van der Waals surface area (Å²) in [6.07, 6.45) is 2.62. The molecule has 0 saturated heterocycles. The summed E-state index contributed by atoms with van der Waals surface area (Å²) in [5, 5.41) is 5.28. The molecule has 0 bridgehead atoms. The van der Waals surface area contributed by atoms with Gasteiger partial charge in [0, 0.05) is 5.69 Å². The van der Waals surface area contributed by atoms with Crippen LogP contribution in [0.15, 0.2) is 48.8 Å². The number of nitrogens with one attached hydrogen (secondary N) is 2. The number of carbonyl (C=O) groups excluding carboxylic acids is 1. The van der Waals surface area contributed by atoms with E-state index >= 15 is 0 Å². The van der Waals surface area contributed by atoms with E-state index in [1.165, 1.54) is 18.5 Å². The molecule has 132 valence electrons. The number of halogens is 2. The molecule has 1 amide bonds. The molecular weight excluding hydrogens is 338 g/mol. The monoisotopic (exact) mass is 354 g/mol. The van der Waals surface area contributed by atoms with E-state index in [1.807, 2.05) is 32.0 Å². The molecule has 5 nitrogen and oxygen atoms in total. The number of carbonyl (C=O) groups is 1. The molecular formula is C19H16F2N4O. The van der Waals surface area contributed by atoms with Gasteiger partial charge in [0.2, 0.25) is 0 Å². The summed E-state index contributed by atoms with van der Waals surface area (Å²) in [4.78, 5) is 20.2. The minimum Gasteiger partial charge on any atom is -0.339 e. The number of rotatable bonds is 4. The maximum absolute atomic E-state index is 13.6. The predicted octanol–water partition coefficient (Wildman–Crippen LogP) is 4.37. The number of aryl methyl sites for hydroxylation is 2. The number of amides is 1. The maximum Gasteiger partial charge on any atom is 0.276 e. The van der Waals surface area contributed by atoms with Crippen molar-refractivity contribution < 1.29 is 13.6 Å². The lowest BCUT2D eigenvalue weighted by Gasteiger charge is -2.10. The Hall–Kier alpha value is -3.35. The number of anilines is 3. The second-order valence-electron chi connectivity index (χ2n) is 5.78. The van der Waals surface area contributed by atoms with E-state index in [0.717, 1.165) is 28.9 Å². The molecule has 26 heavy (non-hydrogen) atoms. The first-order valence-corrected chi connectivity index (χ1v) is 7.86. The average Bonchev–Trinajstić information content (AvgIpc) is 2.61. The van der Waals surface area contributed by atoms with Crippen molar-refractivity contribution in [3.63, 3.8) is 0 Å². The molecule has 1 heterocycles. The van der Waals surface area contributed by atoms with Gasteiger partial charge in [0.25, 0.3) is 5.91 Å². The highest BCUT2D eigenvalue weighted by atomic mass is 19.1. The fraction of sp³-hybridized carbons (Fsp3) is 0.105. The van der Waals surface area contributed by atoms with Crippen LogP contribution in [0.5, 0.6) is 0 Å². The Bertz CT molecular complexity index is 938. The zero-order chi connectivity index (χ0) is 18.7. The van der Waals surface area contributed by atoms with E-state index in [1.54, 1.807) is 0 Å². The van der Waals surface area contributed by atoms with E-state index in [9.17, 15) is 13.6 Å². The Morgan fingerprint density at radius 3 is 2.35 bits per heavy atom. The normalized spacial score (nSPS) is 10.5. The van der Waals surface area contributed by atoms with Gasteiger partial charge in [-0.3, -0.25) is 4.79 Å². The standard InChI is InChI=1S/C19H16F2N4O/c1-11-6-7-15(12(2)8-11)24-17-10-22-16(9-23-17)19(26)25-18-13(20)4-3-5-14(18)21/h3-10H,1-2H3,(H,23,24)(H,25,26). The third kappa shape index (κ3) is 3.83. The molecule has 1 aromatic heterocycles. The van der Waals surface area contributed by atoms with Gasteiger partial charge in [0.15, 0.2) is 0 Å². The topological polar surface area (TPSA) is 66.9 Å². The van der Waals surface area contributed by atoms with Crippen LogP contribution < -0.4 is 10.6 Å². The number of aromatic nitrogens is 2. The highest BCUT2D eigenvalue weighted by Gasteiger charge is 2.14. The van der Waals surface area contributed by atoms with Gasteiger partial charge in [-0.15, -0.1) is 0 Å². The fourth-order valence-electron chi connectivity index (χ4n) is 2.40. The summed E-state index contributed by atoms with van der Waals surface area (Å²) >= 11 is 0. The average molecular weight is 354 g/mol. The smallest absolute Gasteiger partial charge is 0.276 e. The molecule has 0 spiro atoms. The Labute approximate surface area is 149 Å². The van der Waals surface area contributed by atoms with E-state index < -0.39 is 23.2 Å². The molecule has 3 aromatic rings. The minimum absolute atomic E-state index is 0.0566. The number of hydrogen-bond acceptors (Lipinski definition) is 4. The van der Waals surface area contributed by atoms with Crippen LogP contribution in [0.1, 0.15) is 21.6 Å². The van der Waals surface area contributed by atoms with Crippen LogP contribution in [0, 0.1) is 25.5 Å². The van der Waals surface area contributed by atoms with Gasteiger partial charge in [-0.05, 0) is 37.6 Å². The molecule has 2 N–H and O–H groups in total. The van der Waals surface area contributed by atoms with Crippen LogP contribution >= 0.6 is 0 Å². The van der Waals surface area contributed by atoms with Gasteiger partial charge in [-0.1, -0.05) is 23.8 Å². The SMILES string of the molecule is Cc1ccc(Nc2cnc(C(=O)Nc3c(F)cccc3F)cn2)c(C)c1. The minimum atomic E-state index is -0.862. The molecule has 3 rings (SSSR count). The van der Waals surface area contributed by atoms with Crippen molar-refractivity contribution in [2.24, 2.45) is 0 Å². The molecule has 0 unspecified atom stereocenters. The van der Waals surface area contributed by atoms with Crippen molar-refractivity contribution in [3.05, 3.63) is 77.2 Å². The second-order valence-corrected chi connectivity index (χ2v) is 5.78. The summed E-state index contributed by atoms with van der Waals surface area (Å²) in [6.45, 7) is 3.97. The molecule has 0 fully saturated rings. The van der Waals surface area contributed by atoms with E-state index in [4.69, 9.17) is 0 Å². The molecule has 7 heteroatoms. The Morgan fingerprint density at radius 1 is 1.00 bits per heavy atom. The largest absolute Gasteiger partial charge is 0.339 e. The van der Waals surface area contributed by atoms with Gasteiger partial charge in [0.05, 0.1) is 12.4 Å². The Kier molecular flexibility index (Phi) is 4.88. The summed E-state index contributed by atoms with van der Waals surface area (Å²) < 4.78 is 27.2. The van der Waals surface area contributed by atoms with Gasteiger partial charge >= 0.3 is 0 Å². The molecule has 2 aromatic carbocycles. The van der Waals surface area contributed by atoms with Gasteiger partial charge < -0.3 is 10.6 Å². The summed E-state index contributed by atoms with van der Waals surface area (Å²) in [5.74, 6) is -2.02. The molecule has 0 atom stereocenters. The van der Waals surface area contributed by atoms with Crippen molar-refractivity contribution in [2.75, 3.05) is 10.6 Å². The first-order chi connectivity index (χ1) is 12.4. The van der Waals surface area contributed by atoms with Crippen LogP contribution in [-0.2, 0) is 0 Å². The lowest BCUT2D eigenvalue weighted by atomic mass is 10.1. The number of hydrogen-bond donors (Lipinski definition) is 2. The molecule has 0 aliphatic rings. The van der Waals surface area contributed by atoms with Crippen molar-refractivity contribution >= 4 is 23.1 Å². The third-order valence-electron chi connectivity index (χ3n) is 3.73. The molecule has 0 aliphatic carbocycles. The van der Waals surface area contributed by atoms with Crippen molar-refractivity contribution in [3.8, 4) is 0 Å². The number of benzene rings is 2. The highest BCUT2D eigenvalue weighted by molar-refractivity contribution is 6.02. The van der Waals surface area contributed by atoms with E-state index in [2.05, 4.69) is 20.6 Å². The quantitative estimate of drug-likeness (QED) is 0.730. The van der Waals surface area contributed by atoms with Crippen molar-refractivity contribution in [1.82, 2.24) is 9.97 Å². The molecule has 0 aliphatic heterocycles. The van der Waals surface area contributed by atoms with Gasteiger partial charge in [-0.2, -0.15) is 0 Å². The number of para-hydroxylation sites is 1. The second kappa shape index (κ2) is 7.26. The zero-order valence-corrected chi connectivity index (χ0v) is 14.2. The number of nitrogens with zero attached hydrogens (tertiary/aromatic N) is 2.